The largest absolute Gasteiger partial charge is 0.357 e. The van der Waals surface area contributed by atoms with E-state index >= 15 is 0 Å². The van der Waals surface area contributed by atoms with E-state index in [9.17, 15) is 22.4 Å². The molecule has 0 heterocycles. The van der Waals surface area contributed by atoms with Gasteiger partial charge in [-0.05, 0) is 55.3 Å². The quantitative estimate of drug-likeness (QED) is 0.513. The molecule has 0 unspecified atom stereocenters. The van der Waals surface area contributed by atoms with E-state index < -0.39 is 21.9 Å². The SMILES string of the molecule is CNC(=O)[C@H](C)N(Cc1cccc(Br)c1)C(=O)CCCN(c1ccc(F)cc1)S(C)(=O)=O. The average molecular weight is 528 g/mol. The highest BCUT2D eigenvalue weighted by Gasteiger charge is 2.26. The maximum atomic E-state index is 13.2. The first kappa shape index (κ1) is 25.8. The second kappa shape index (κ2) is 11.4. The highest BCUT2D eigenvalue weighted by Crippen LogP contribution is 2.20. The number of rotatable bonds is 10. The fraction of sp³-hybridized carbons (Fsp3) is 0.364. The molecule has 7 nitrogen and oxygen atoms in total. The van der Waals surface area contributed by atoms with Gasteiger partial charge in [-0.2, -0.15) is 0 Å². The van der Waals surface area contributed by atoms with E-state index in [1.807, 2.05) is 24.3 Å². The Labute approximate surface area is 196 Å². The van der Waals surface area contributed by atoms with Crippen molar-refractivity contribution in [3.8, 4) is 0 Å². The van der Waals surface area contributed by atoms with Crippen molar-refractivity contribution < 1.29 is 22.4 Å². The van der Waals surface area contributed by atoms with Gasteiger partial charge in [0, 0.05) is 31.0 Å². The molecule has 2 amide bonds. The van der Waals surface area contributed by atoms with E-state index in [1.165, 1.54) is 36.2 Å². The van der Waals surface area contributed by atoms with E-state index in [-0.39, 0.29) is 37.7 Å². The molecule has 0 saturated heterocycles. The van der Waals surface area contributed by atoms with E-state index in [4.69, 9.17) is 0 Å². The van der Waals surface area contributed by atoms with Crippen molar-refractivity contribution in [3.63, 3.8) is 0 Å². The molecule has 0 aliphatic carbocycles. The number of amides is 2. The average Bonchev–Trinajstić information content (AvgIpc) is 2.74. The standard InChI is InChI=1S/C22H27BrFN3O4S/c1-16(22(29)25-2)26(15-17-6-4-7-18(23)14-17)21(28)8-5-13-27(32(3,30)31)20-11-9-19(24)10-12-20/h4,6-7,9-12,14,16H,5,8,13,15H2,1-3H3,(H,25,29)/t16-/m0/s1. The van der Waals surface area contributed by atoms with Gasteiger partial charge in [-0.1, -0.05) is 28.1 Å². The van der Waals surface area contributed by atoms with Gasteiger partial charge in [0.1, 0.15) is 11.9 Å². The van der Waals surface area contributed by atoms with E-state index in [0.717, 1.165) is 20.6 Å². The number of benzene rings is 2. The molecule has 2 aromatic rings. The van der Waals surface area contributed by atoms with Crippen LogP contribution in [0.25, 0.3) is 0 Å². The van der Waals surface area contributed by atoms with Crippen molar-refractivity contribution in [2.75, 3.05) is 24.2 Å². The van der Waals surface area contributed by atoms with Gasteiger partial charge >= 0.3 is 0 Å². The van der Waals surface area contributed by atoms with Crippen LogP contribution >= 0.6 is 15.9 Å². The van der Waals surface area contributed by atoms with Crippen LogP contribution in [0.2, 0.25) is 0 Å². The Balaban J connectivity index is 2.13. The Hall–Kier alpha value is -2.46. The molecule has 32 heavy (non-hydrogen) atoms. The molecular weight excluding hydrogens is 501 g/mol. The van der Waals surface area contributed by atoms with Crippen LogP contribution in [-0.2, 0) is 26.2 Å². The molecule has 0 radical (unpaired) electrons. The summed E-state index contributed by atoms with van der Waals surface area (Å²) in [5, 5.41) is 2.56. The fourth-order valence-corrected chi connectivity index (χ4v) is 4.65. The summed E-state index contributed by atoms with van der Waals surface area (Å²) in [4.78, 5) is 26.7. The molecule has 0 aliphatic rings. The lowest BCUT2D eigenvalue weighted by Crippen LogP contribution is -2.46. The maximum Gasteiger partial charge on any atom is 0.242 e. The van der Waals surface area contributed by atoms with Crippen LogP contribution < -0.4 is 9.62 Å². The summed E-state index contributed by atoms with van der Waals surface area (Å²) < 4.78 is 39.6. The molecule has 1 N–H and O–H groups in total. The number of carbonyl (C=O) groups excluding carboxylic acids is 2. The zero-order chi connectivity index (χ0) is 23.9. The van der Waals surface area contributed by atoms with Gasteiger partial charge in [0.2, 0.25) is 21.8 Å². The van der Waals surface area contributed by atoms with Crippen LogP contribution in [0.15, 0.2) is 53.0 Å². The second-order valence-corrected chi connectivity index (χ2v) is 10.2. The van der Waals surface area contributed by atoms with Gasteiger partial charge in [-0.25, -0.2) is 12.8 Å². The third kappa shape index (κ3) is 7.30. The summed E-state index contributed by atoms with van der Waals surface area (Å²) in [7, 11) is -2.11. The van der Waals surface area contributed by atoms with E-state index in [2.05, 4.69) is 21.2 Å². The van der Waals surface area contributed by atoms with Crippen LogP contribution in [0.3, 0.4) is 0 Å². The topological polar surface area (TPSA) is 86.8 Å². The Morgan fingerprint density at radius 3 is 2.38 bits per heavy atom. The smallest absolute Gasteiger partial charge is 0.242 e. The number of sulfonamides is 1. The molecule has 2 rings (SSSR count). The van der Waals surface area contributed by atoms with E-state index in [0.29, 0.717) is 5.69 Å². The van der Waals surface area contributed by atoms with Crippen LogP contribution in [0.1, 0.15) is 25.3 Å². The van der Waals surface area contributed by atoms with Crippen molar-refractivity contribution in [3.05, 3.63) is 64.4 Å². The van der Waals surface area contributed by atoms with Crippen LogP contribution in [0.5, 0.6) is 0 Å². The monoisotopic (exact) mass is 527 g/mol. The maximum absolute atomic E-state index is 13.2. The Morgan fingerprint density at radius 2 is 1.81 bits per heavy atom. The summed E-state index contributed by atoms with van der Waals surface area (Å²) in [5.41, 5.74) is 1.18. The summed E-state index contributed by atoms with van der Waals surface area (Å²) in [6.07, 6.45) is 1.34. The third-order valence-electron chi connectivity index (χ3n) is 4.92. The number of halogens is 2. The van der Waals surface area contributed by atoms with Gasteiger partial charge in [-0.15, -0.1) is 0 Å². The number of carbonyl (C=O) groups is 2. The summed E-state index contributed by atoms with van der Waals surface area (Å²) in [6.45, 7) is 1.94. The van der Waals surface area contributed by atoms with Crippen molar-refractivity contribution >= 4 is 43.5 Å². The highest BCUT2D eigenvalue weighted by molar-refractivity contribution is 9.10. The Morgan fingerprint density at radius 1 is 1.16 bits per heavy atom. The molecule has 0 fully saturated rings. The lowest BCUT2D eigenvalue weighted by atomic mass is 10.1. The molecule has 174 valence electrons. The molecule has 10 heteroatoms. The van der Waals surface area contributed by atoms with Gasteiger partial charge in [-0.3, -0.25) is 13.9 Å². The number of anilines is 1. The Bertz CT molecular complexity index is 1050. The number of hydrogen-bond donors (Lipinski definition) is 1. The molecule has 1 atom stereocenters. The fourth-order valence-electron chi connectivity index (χ4n) is 3.23. The zero-order valence-corrected chi connectivity index (χ0v) is 20.6. The molecule has 0 aliphatic heterocycles. The van der Waals surface area contributed by atoms with Gasteiger partial charge in [0.05, 0.1) is 11.9 Å². The molecular formula is C22H27BrFN3O4S. The predicted molar refractivity (Wildman–Crippen MR) is 126 cm³/mol. The van der Waals surface area contributed by atoms with Crippen molar-refractivity contribution in [2.45, 2.75) is 32.4 Å². The molecule has 0 aromatic heterocycles. The van der Waals surface area contributed by atoms with Gasteiger partial charge < -0.3 is 10.2 Å². The van der Waals surface area contributed by atoms with Crippen molar-refractivity contribution in [1.29, 1.82) is 0 Å². The van der Waals surface area contributed by atoms with Crippen molar-refractivity contribution in [2.24, 2.45) is 0 Å². The summed E-state index contributed by atoms with van der Waals surface area (Å²) >= 11 is 3.40. The first-order chi connectivity index (χ1) is 15.0. The lowest BCUT2D eigenvalue weighted by Gasteiger charge is -2.29. The van der Waals surface area contributed by atoms with Crippen LogP contribution in [0.4, 0.5) is 10.1 Å². The number of nitrogens with zero attached hydrogens (tertiary/aromatic N) is 2. The van der Waals surface area contributed by atoms with Gasteiger partial charge in [0.15, 0.2) is 0 Å². The minimum Gasteiger partial charge on any atom is -0.357 e. The Kier molecular flexibility index (Phi) is 9.21. The summed E-state index contributed by atoms with van der Waals surface area (Å²) in [5.74, 6) is -1.03. The third-order valence-corrected chi connectivity index (χ3v) is 6.61. The van der Waals surface area contributed by atoms with Crippen molar-refractivity contribution in [1.82, 2.24) is 10.2 Å². The molecule has 0 bridgehead atoms. The molecule has 2 aromatic carbocycles. The van der Waals surface area contributed by atoms with E-state index in [1.54, 1.807) is 6.92 Å². The molecule has 0 spiro atoms. The van der Waals surface area contributed by atoms with Crippen LogP contribution in [0, 0.1) is 5.82 Å². The minimum absolute atomic E-state index is 0.0442. The number of nitrogens with one attached hydrogen (secondary N) is 1. The zero-order valence-electron chi connectivity index (χ0n) is 18.2. The summed E-state index contributed by atoms with van der Waals surface area (Å²) in [6, 6.07) is 11.9. The number of hydrogen-bond acceptors (Lipinski definition) is 4. The minimum atomic E-state index is -3.62. The second-order valence-electron chi connectivity index (χ2n) is 7.36. The normalized spacial score (nSPS) is 12.2. The van der Waals surface area contributed by atoms with Crippen LogP contribution in [-0.4, -0.2) is 51.0 Å². The molecule has 0 saturated carbocycles. The van der Waals surface area contributed by atoms with Gasteiger partial charge in [0.25, 0.3) is 0 Å². The number of likely N-dealkylation sites (N-methyl/N-ethyl adjacent to an activating group) is 1. The first-order valence-corrected chi connectivity index (χ1v) is 12.7. The highest BCUT2D eigenvalue weighted by atomic mass is 79.9. The first-order valence-electron chi connectivity index (χ1n) is 10.0. The lowest BCUT2D eigenvalue weighted by molar-refractivity contribution is -0.140. The predicted octanol–water partition coefficient (Wildman–Crippen LogP) is 3.30.